The van der Waals surface area contributed by atoms with Crippen molar-refractivity contribution in [3.05, 3.63) is 50.9 Å². The first-order valence-corrected chi connectivity index (χ1v) is 10.9. The normalized spacial score (nSPS) is 23.8. The zero-order valence-corrected chi connectivity index (χ0v) is 16.2. The third-order valence-electron chi connectivity index (χ3n) is 3.39. The molecule has 1 aliphatic rings. The van der Waals surface area contributed by atoms with Crippen LogP contribution in [0.25, 0.3) is 21.3 Å². The summed E-state index contributed by atoms with van der Waals surface area (Å²) in [6, 6.07) is 6.35. The summed E-state index contributed by atoms with van der Waals surface area (Å²) in [5.74, 6) is 0. The molecule has 2 heterocycles. The molecule has 2 bridgehead atoms. The van der Waals surface area contributed by atoms with Gasteiger partial charge < -0.3 is 21.3 Å². The number of rotatable bonds is 0. The van der Waals surface area contributed by atoms with Gasteiger partial charge in [-0.05, 0) is 12.1 Å². The predicted octanol–water partition coefficient (Wildman–Crippen LogP) is 5.83. The van der Waals surface area contributed by atoms with Gasteiger partial charge in [-0.25, -0.2) is 0 Å². The molecule has 5 nitrogen and oxygen atoms in total. The number of halogens is 2. The van der Waals surface area contributed by atoms with Gasteiger partial charge in [-0.2, -0.15) is 39.3 Å². The summed E-state index contributed by atoms with van der Waals surface area (Å²) >= 11 is 0.00694. The van der Waals surface area contributed by atoms with Gasteiger partial charge in [-0.1, -0.05) is 32.0 Å². The summed E-state index contributed by atoms with van der Waals surface area (Å²) in [4.78, 5) is 4.70. The molecule has 2 unspecified atom stereocenters. The van der Waals surface area contributed by atoms with Gasteiger partial charge in [0.05, 0.1) is 0 Å². The smallest absolute Gasteiger partial charge is 0 e. The van der Waals surface area contributed by atoms with E-state index in [1.165, 1.54) is 0 Å². The Kier molecular flexibility index (Phi) is 12.3. The van der Waals surface area contributed by atoms with Crippen molar-refractivity contribution >= 4 is 20.2 Å². The fourth-order valence-corrected chi connectivity index (χ4v) is 2.13. The van der Waals surface area contributed by atoms with Gasteiger partial charge in [0.15, 0.2) is 0 Å². The zero-order chi connectivity index (χ0) is 16.9. The molecule has 0 N–H and O–H groups in total. The molecule has 23 heavy (non-hydrogen) atoms. The first kappa shape index (κ1) is 21.1. The maximum Gasteiger partial charge on any atom is 0 e. The van der Waals surface area contributed by atoms with E-state index in [1.54, 1.807) is 0 Å². The number of hydrogen-bond donors (Lipinski definition) is 0. The van der Waals surface area contributed by atoms with E-state index in [0.29, 0.717) is 0 Å². The van der Waals surface area contributed by atoms with E-state index < -0.39 is 0 Å². The number of fused-ring (bicyclic) bond motifs is 2. The van der Waals surface area contributed by atoms with Gasteiger partial charge >= 0.3 is 33.3 Å². The molecule has 2 rings (SSSR count). The first-order chi connectivity index (χ1) is 11.2. The van der Waals surface area contributed by atoms with Gasteiger partial charge in [0, 0.05) is 15.7 Å². The number of pyridine rings is 1. The zero-order valence-electron chi connectivity index (χ0n) is 13.5. The molecule has 0 saturated heterocycles. The van der Waals surface area contributed by atoms with Crippen LogP contribution in [0.2, 0.25) is 0 Å². The van der Waals surface area contributed by atoms with Crippen molar-refractivity contribution in [1.82, 2.24) is 4.98 Å². The van der Waals surface area contributed by atoms with Gasteiger partial charge in [0.1, 0.15) is 0 Å². The standard InChI is InChI=1S/C15H23N5.2ClH.Mn.3H2/c1-12-14-4-3-5-15(20-14)13(2)19-11-9-17-7-6-16-8-10-18-12;;;;;;/h3-5,12-13H,6-11H2,1-2H3;2*1H;;3*1H/q-4;;;+2;;;/p-2. The maximum absolute atomic E-state index is 4.80. The van der Waals surface area contributed by atoms with Crippen molar-refractivity contribution in [3.63, 3.8) is 0 Å². The second-order valence-corrected chi connectivity index (χ2v) is 7.00. The van der Waals surface area contributed by atoms with Crippen LogP contribution in [0.3, 0.4) is 0 Å². The summed E-state index contributed by atoms with van der Waals surface area (Å²) in [5, 5.41) is 18.1. The Bertz CT molecular complexity index is 405. The average molecular weight is 405 g/mol. The maximum atomic E-state index is 4.80. The van der Waals surface area contributed by atoms with Crippen LogP contribution in [-0.2, 0) is 13.1 Å². The topological polar surface area (TPSA) is 69.3 Å². The van der Waals surface area contributed by atoms with Crippen LogP contribution < -0.4 is 0 Å². The molecule has 0 radical (unpaired) electrons. The Morgan fingerprint density at radius 3 is 1.74 bits per heavy atom. The fraction of sp³-hybridized carbons (Fsp3) is 0.667. The minimum atomic E-state index is 0. The Hall–Kier alpha value is 0.0895. The summed E-state index contributed by atoms with van der Waals surface area (Å²) in [7, 11) is 9.59. The van der Waals surface area contributed by atoms with Crippen molar-refractivity contribution in [3.8, 4) is 0 Å². The van der Waals surface area contributed by atoms with Crippen LogP contribution in [0.15, 0.2) is 18.2 Å². The largest absolute Gasteiger partial charge is 0 e. The van der Waals surface area contributed by atoms with Crippen LogP contribution >= 0.6 is 20.2 Å². The Balaban J connectivity index is -0.000000825. The number of nitrogens with zero attached hydrogens (tertiary/aromatic N) is 5. The van der Waals surface area contributed by atoms with E-state index in [4.69, 9.17) is 25.2 Å². The molecule has 0 aromatic carbocycles. The molecule has 0 spiro atoms. The fourth-order valence-electron chi connectivity index (χ4n) is 2.13. The average Bonchev–Trinajstić information content (AvgIpc) is 2.56. The molecular formula is C15H29Cl2MnN5-4. The summed E-state index contributed by atoms with van der Waals surface area (Å²) in [6.07, 6.45) is 0. The molecule has 0 amide bonds. The van der Waals surface area contributed by atoms with Gasteiger partial charge in [-0.3, -0.25) is 4.98 Å². The van der Waals surface area contributed by atoms with Crippen LogP contribution in [0.4, 0.5) is 0 Å². The van der Waals surface area contributed by atoms with Gasteiger partial charge in [0.2, 0.25) is 0 Å². The van der Waals surface area contributed by atoms with Crippen molar-refractivity contribution in [1.29, 1.82) is 0 Å². The van der Waals surface area contributed by atoms with E-state index >= 15 is 0 Å². The molecule has 139 valence electrons. The molecule has 0 fully saturated rings. The molecule has 1 aliphatic heterocycles. The second-order valence-electron chi connectivity index (χ2n) is 5.05. The third kappa shape index (κ3) is 9.22. The minimum Gasteiger partial charge on any atom is 0 e. The Morgan fingerprint density at radius 1 is 0.913 bits per heavy atom. The molecule has 0 saturated carbocycles. The Labute approximate surface area is 158 Å². The molecule has 1 aromatic rings. The van der Waals surface area contributed by atoms with E-state index in [2.05, 4.69) is 35.1 Å². The second kappa shape index (κ2) is 13.4. The van der Waals surface area contributed by atoms with Gasteiger partial charge in [-0.15, -0.1) is 0 Å². The predicted molar refractivity (Wildman–Crippen MR) is 102 cm³/mol. The van der Waals surface area contributed by atoms with E-state index in [1.807, 2.05) is 18.2 Å². The SMILES string of the molecule is CC1[N-]CC[N-]CC[N-]CC[N-]C(C)c2cccc1n2.[Cl][Mn][Cl].[HH].[HH].[HH]. The molecule has 2 atom stereocenters. The van der Waals surface area contributed by atoms with E-state index in [0.717, 1.165) is 50.7 Å². The Morgan fingerprint density at radius 2 is 1.30 bits per heavy atom. The van der Waals surface area contributed by atoms with Crippen molar-refractivity contribution in [2.45, 2.75) is 25.9 Å². The van der Waals surface area contributed by atoms with Crippen molar-refractivity contribution in [2.24, 2.45) is 0 Å². The third-order valence-corrected chi connectivity index (χ3v) is 3.39. The number of hydrogen-bond acceptors (Lipinski definition) is 1. The van der Waals surface area contributed by atoms with Gasteiger partial charge in [0.25, 0.3) is 0 Å². The van der Waals surface area contributed by atoms with E-state index in [-0.39, 0.29) is 29.5 Å². The van der Waals surface area contributed by atoms with E-state index in [9.17, 15) is 0 Å². The van der Waals surface area contributed by atoms with Crippen LogP contribution in [-0.4, -0.2) is 44.3 Å². The van der Waals surface area contributed by atoms with Crippen LogP contribution in [0.1, 0.15) is 41.6 Å². The molecule has 8 heteroatoms. The van der Waals surface area contributed by atoms with Crippen LogP contribution in [0, 0.1) is 0 Å². The summed E-state index contributed by atoms with van der Waals surface area (Å²) in [6.45, 7) is 8.83. The van der Waals surface area contributed by atoms with Crippen LogP contribution in [0.5, 0.6) is 0 Å². The molecular weight excluding hydrogens is 376 g/mol. The monoisotopic (exact) mass is 404 g/mol. The molecule has 1 aromatic heterocycles. The molecule has 0 aliphatic carbocycles. The summed E-state index contributed by atoms with van der Waals surface area (Å²) < 4.78 is 0. The summed E-state index contributed by atoms with van der Waals surface area (Å²) in [5.41, 5.74) is 2.04. The quantitative estimate of drug-likeness (QED) is 0.501. The van der Waals surface area contributed by atoms with Crippen molar-refractivity contribution in [2.75, 3.05) is 39.3 Å². The minimum absolute atomic E-state index is 0. The number of aromatic nitrogens is 1. The van der Waals surface area contributed by atoms with Crippen molar-refractivity contribution < 1.29 is 17.4 Å². The first-order valence-electron chi connectivity index (χ1n) is 7.62.